The summed E-state index contributed by atoms with van der Waals surface area (Å²) in [7, 11) is 0. The molecule has 66 valence electrons. The van der Waals surface area contributed by atoms with Crippen molar-refractivity contribution in [3.8, 4) is 0 Å². The van der Waals surface area contributed by atoms with Gasteiger partial charge in [-0.15, -0.1) is 11.3 Å². The summed E-state index contributed by atoms with van der Waals surface area (Å²) >= 11 is 1.51. The Hall–Kier alpha value is -0.870. The molecule has 1 rings (SSSR count). The number of aliphatic carboxylic acids is 1. The number of aliphatic hydroxyl groups is 1. The zero-order valence-electron chi connectivity index (χ0n) is 6.43. The zero-order chi connectivity index (χ0) is 8.97. The van der Waals surface area contributed by atoms with E-state index in [9.17, 15) is 4.79 Å². The highest BCUT2D eigenvalue weighted by Crippen LogP contribution is 2.14. The standard InChI is InChI=1S/C8H10O3S/c9-5-6(8(10)11)4-7-2-1-3-12-7/h1-3,6,9H,4-5H2,(H,10,11). The van der Waals surface area contributed by atoms with Gasteiger partial charge in [0, 0.05) is 4.88 Å². The minimum Gasteiger partial charge on any atom is -0.481 e. The molecule has 12 heavy (non-hydrogen) atoms. The highest BCUT2D eigenvalue weighted by molar-refractivity contribution is 7.09. The molecule has 0 saturated heterocycles. The minimum absolute atomic E-state index is 0.298. The summed E-state index contributed by atoms with van der Waals surface area (Å²) in [5.74, 6) is -1.60. The van der Waals surface area contributed by atoms with Crippen LogP contribution in [-0.4, -0.2) is 22.8 Å². The summed E-state index contributed by atoms with van der Waals surface area (Å²) in [6, 6.07) is 3.74. The minimum atomic E-state index is -0.939. The Labute approximate surface area is 74.3 Å². The number of thiophene rings is 1. The normalized spacial score (nSPS) is 12.8. The molecule has 0 fully saturated rings. The largest absolute Gasteiger partial charge is 0.481 e. The van der Waals surface area contributed by atoms with Gasteiger partial charge in [0.25, 0.3) is 0 Å². The van der Waals surface area contributed by atoms with Crippen LogP contribution in [0.5, 0.6) is 0 Å². The Balaban J connectivity index is 2.54. The first-order chi connectivity index (χ1) is 5.74. The lowest BCUT2D eigenvalue weighted by molar-refractivity contribution is -0.142. The molecule has 1 atom stereocenters. The van der Waals surface area contributed by atoms with Crippen LogP contribution >= 0.6 is 11.3 Å². The van der Waals surface area contributed by atoms with Crippen molar-refractivity contribution < 1.29 is 15.0 Å². The maximum atomic E-state index is 10.5. The fourth-order valence-corrected chi connectivity index (χ4v) is 1.69. The summed E-state index contributed by atoms with van der Waals surface area (Å²) < 4.78 is 0. The molecule has 0 aromatic carbocycles. The lowest BCUT2D eigenvalue weighted by Crippen LogP contribution is -2.19. The van der Waals surface area contributed by atoms with Gasteiger partial charge in [-0.1, -0.05) is 6.07 Å². The predicted octanol–water partition coefficient (Wildman–Crippen LogP) is 0.984. The van der Waals surface area contributed by atoms with Crippen molar-refractivity contribution in [2.45, 2.75) is 6.42 Å². The van der Waals surface area contributed by atoms with Crippen molar-refractivity contribution in [3.05, 3.63) is 22.4 Å². The lowest BCUT2D eigenvalue weighted by Gasteiger charge is -2.05. The van der Waals surface area contributed by atoms with Gasteiger partial charge in [-0.25, -0.2) is 0 Å². The summed E-state index contributed by atoms with van der Waals surface area (Å²) in [6.07, 6.45) is 0.420. The van der Waals surface area contributed by atoms with Crippen LogP contribution in [0, 0.1) is 5.92 Å². The molecule has 0 aliphatic carbocycles. The molecule has 1 aromatic heterocycles. The monoisotopic (exact) mass is 186 g/mol. The number of carbonyl (C=O) groups is 1. The third kappa shape index (κ3) is 2.32. The lowest BCUT2D eigenvalue weighted by atomic mass is 10.1. The molecule has 0 aliphatic rings. The van der Waals surface area contributed by atoms with E-state index in [0.29, 0.717) is 6.42 Å². The second-order valence-corrected chi connectivity index (χ2v) is 3.53. The van der Waals surface area contributed by atoms with Crippen LogP contribution in [0.25, 0.3) is 0 Å². The number of aliphatic hydroxyl groups excluding tert-OH is 1. The number of hydrogen-bond acceptors (Lipinski definition) is 3. The zero-order valence-corrected chi connectivity index (χ0v) is 7.25. The van der Waals surface area contributed by atoms with Crippen molar-refractivity contribution in [2.75, 3.05) is 6.61 Å². The van der Waals surface area contributed by atoms with E-state index in [0.717, 1.165) is 4.88 Å². The number of hydrogen-bond donors (Lipinski definition) is 2. The molecular weight excluding hydrogens is 176 g/mol. The topological polar surface area (TPSA) is 57.5 Å². The molecule has 0 radical (unpaired) electrons. The van der Waals surface area contributed by atoms with E-state index in [1.165, 1.54) is 11.3 Å². The van der Waals surface area contributed by atoms with Crippen LogP contribution in [0.1, 0.15) is 4.88 Å². The van der Waals surface area contributed by atoms with Gasteiger partial charge in [0.15, 0.2) is 0 Å². The van der Waals surface area contributed by atoms with Gasteiger partial charge in [0.05, 0.1) is 12.5 Å². The molecule has 0 spiro atoms. The van der Waals surface area contributed by atoms with E-state index in [4.69, 9.17) is 10.2 Å². The molecular formula is C8H10O3S. The highest BCUT2D eigenvalue weighted by Gasteiger charge is 2.16. The van der Waals surface area contributed by atoms with Crippen molar-refractivity contribution in [1.29, 1.82) is 0 Å². The first-order valence-corrected chi connectivity index (χ1v) is 4.48. The third-order valence-corrected chi connectivity index (χ3v) is 2.50. The maximum absolute atomic E-state index is 10.5. The predicted molar refractivity (Wildman–Crippen MR) is 46.2 cm³/mol. The summed E-state index contributed by atoms with van der Waals surface area (Å²) in [4.78, 5) is 11.5. The molecule has 1 heterocycles. The molecule has 0 aliphatic heterocycles. The van der Waals surface area contributed by atoms with E-state index in [1.807, 2.05) is 17.5 Å². The molecule has 1 unspecified atom stereocenters. The van der Waals surface area contributed by atoms with Crippen molar-refractivity contribution in [3.63, 3.8) is 0 Å². The summed E-state index contributed by atoms with van der Waals surface area (Å²) in [6.45, 7) is -0.298. The van der Waals surface area contributed by atoms with Gasteiger partial charge in [0.1, 0.15) is 0 Å². The second kappa shape index (κ2) is 4.23. The number of carboxylic acid groups (broad SMARTS) is 1. The van der Waals surface area contributed by atoms with Crippen molar-refractivity contribution >= 4 is 17.3 Å². The molecule has 3 nitrogen and oxygen atoms in total. The van der Waals surface area contributed by atoms with Gasteiger partial charge >= 0.3 is 5.97 Å². The maximum Gasteiger partial charge on any atom is 0.309 e. The van der Waals surface area contributed by atoms with Gasteiger partial charge < -0.3 is 10.2 Å². The van der Waals surface area contributed by atoms with Crippen LogP contribution < -0.4 is 0 Å². The Morgan fingerprint density at radius 2 is 2.42 bits per heavy atom. The van der Waals surface area contributed by atoms with Crippen LogP contribution in [0.4, 0.5) is 0 Å². The Bertz CT molecular complexity index is 243. The molecule has 4 heteroatoms. The third-order valence-electron chi connectivity index (χ3n) is 1.60. The Morgan fingerprint density at radius 1 is 1.67 bits per heavy atom. The average Bonchev–Trinajstić information content (AvgIpc) is 2.51. The molecule has 1 aromatic rings. The van der Waals surface area contributed by atoms with Gasteiger partial charge in [0.2, 0.25) is 0 Å². The summed E-state index contributed by atoms with van der Waals surface area (Å²) in [5, 5.41) is 19.2. The fraction of sp³-hybridized carbons (Fsp3) is 0.375. The van der Waals surface area contributed by atoms with E-state index in [-0.39, 0.29) is 6.61 Å². The van der Waals surface area contributed by atoms with Crippen LogP contribution in [0.15, 0.2) is 17.5 Å². The van der Waals surface area contributed by atoms with E-state index in [1.54, 1.807) is 0 Å². The van der Waals surface area contributed by atoms with E-state index in [2.05, 4.69) is 0 Å². The van der Waals surface area contributed by atoms with Gasteiger partial charge in [-0.2, -0.15) is 0 Å². The summed E-state index contributed by atoms with van der Waals surface area (Å²) in [5.41, 5.74) is 0. The van der Waals surface area contributed by atoms with E-state index < -0.39 is 11.9 Å². The van der Waals surface area contributed by atoms with Crippen molar-refractivity contribution in [2.24, 2.45) is 5.92 Å². The van der Waals surface area contributed by atoms with Crippen LogP contribution in [0.3, 0.4) is 0 Å². The quantitative estimate of drug-likeness (QED) is 0.737. The second-order valence-electron chi connectivity index (χ2n) is 2.50. The number of carboxylic acids is 1. The molecule has 0 amide bonds. The molecule has 0 saturated carbocycles. The van der Waals surface area contributed by atoms with E-state index >= 15 is 0 Å². The van der Waals surface area contributed by atoms with Crippen LogP contribution in [-0.2, 0) is 11.2 Å². The SMILES string of the molecule is O=C(O)C(CO)Cc1cccs1. The Morgan fingerprint density at radius 3 is 2.83 bits per heavy atom. The van der Waals surface area contributed by atoms with Crippen molar-refractivity contribution in [1.82, 2.24) is 0 Å². The smallest absolute Gasteiger partial charge is 0.309 e. The first-order valence-electron chi connectivity index (χ1n) is 3.60. The highest BCUT2D eigenvalue weighted by atomic mass is 32.1. The fourth-order valence-electron chi connectivity index (χ4n) is 0.902. The first kappa shape index (κ1) is 9.22. The van der Waals surface area contributed by atoms with Crippen LogP contribution in [0.2, 0.25) is 0 Å². The Kier molecular flexibility index (Phi) is 3.25. The molecule has 2 N–H and O–H groups in total. The number of rotatable bonds is 4. The average molecular weight is 186 g/mol. The van der Waals surface area contributed by atoms with Gasteiger partial charge in [-0.05, 0) is 17.9 Å². The molecule has 0 bridgehead atoms. The van der Waals surface area contributed by atoms with Gasteiger partial charge in [-0.3, -0.25) is 4.79 Å².